The lowest BCUT2D eigenvalue weighted by Gasteiger charge is -2.34. The summed E-state index contributed by atoms with van der Waals surface area (Å²) in [5.74, 6) is -0.750. The third kappa shape index (κ3) is 7.59. The number of rotatable bonds is 6. The molecule has 0 radical (unpaired) electrons. The van der Waals surface area contributed by atoms with E-state index >= 15 is 0 Å². The second-order valence-corrected chi connectivity index (χ2v) is 6.30. The molecular formula is C19H28F2IN3O2. The van der Waals surface area contributed by atoms with E-state index in [-0.39, 0.29) is 35.9 Å². The zero-order chi connectivity index (χ0) is 18.9. The quantitative estimate of drug-likeness (QED) is 0.285. The molecule has 1 aliphatic heterocycles. The average molecular weight is 495 g/mol. The van der Waals surface area contributed by atoms with Crippen LogP contribution in [0.3, 0.4) is 0 Å². The molecule has 0 saturated carbocycles. The van der Waals surface area contributed by atoms with Crippen molar-refractivity contribution in [2.75, 3.05) is 32.8 Å². The third-order valence-electron chi connectivity index (χ3n) is 4.26. The highest BCUT2D eigenvalue weighted by molar-refractivity contribution is 14.0. The molecule has 0 aliphatic carbocycles. The molecule has 1 unspecified atom stereocenters. The predicted molar refractivity (Wildman–Crippen MR) is 112 cm³/mol. The normalized spacial score (nSPS) is 17.3. The average Bonchev–Trinajstić information content (AvgIpc) is 2.60. The summed E-state index contributed by atoms with van der Waals surface area (Å²) in [6.07, 6.45) is 2.15. The standard InChI is InChI=1S/C19H27F2N3O2.HI/c1-3-22-19(23-8-7-14-10-16(20)12-17(21)11-14)24-9-5-6-15(13-24)18(25)26-4-2;/h10-12,15H,3-9,13H2,1-2H3,(H,22,23);1H. The molecule has 152 valence electrons. The molecular weight excluding hydrogens is 467 g/mol. The van der Waals surface area contributed by atoms with Gasteiger partial charge in [-0.15, -0.1) is 24.0 Å². The first-order valence-electron chi connectivity index (χ1n) is 9.18. The fraction of sp³-hybridized carbons (Fsp3) is 0.579. The van der Waals surface area contributed by atoms with Crippen molar-refractivity contribution in [3.8, 4) is 0 Å². The maximum Gasteiger partial charge on any atom is 0.310 e. The number of piperidine rings is 1. The Morgan fingerprint density at radius 2 is 2.00 bits per heavy atom. The predicted octanol–water partition coefficient (Wildman–Crippen LogP) is 3.37. The first kappa shape index (κ1) is 23.6. The number of hydrogen-bond donors (Lipinski definition) is 1. The van der Waals surface area contributed by atoms with Gasteiger partial charge in [-0.1, -0.05) is 0 Å². The van der Waals surface area contributed by atoms with Gasteiger partial charge in [-0.3, -0.25) is 9.79 Å². The highest BCUT2D eigenvalue weighted by Gasteiger charge is 2.28. The zero-order valence-corrected chi connectivity index (χ0v) is 18.2. The monoisotopic (exact) mass is 495 g/mol. The van der Waals surface area contributed by atoms with Gasteiger partial charge >= 0.3 is 5.97 Å². The summed E-state index contributed by atoms with van der Waals surface area (Å²) >= 11 is 0. The van der Waals surface area contributed by atoms with Gasteiger partial charge in [0.1, 0.15) is 11.6 Å². The largest absolute Gasteiger partial charge is 0.466 e. The minimum atomic E-state index is -0.579. The van der Waals surface area contributed by atoms with Crippen LogP contribution in [-0.2, 0) is 16.0 Å². The van der Waals surface area contributed by atoms with Gasteiger partial charge in [0.05, 0.1) is 12.5 Å². The first-order valence-corrected chi connectivity index (χ1v) is 9.18. The number of guanidine groups is 1. The summed E-state index contributed by atoms with van der Waals surface area (Å²) in [7, 11) is 0. The zero-order valence-electron chi connectivity index (χ0n) is 15.8. The van der Waals surface area contributed by atoms with Crippen LogP contribution >= 0.6 is 24.0 Å². The molecule has 1 saturated heterocycles. The number of likely N-dealkylation sites (tertiary alicyclic amines) is 1. The van der Waals surface area contributed by atoms with E-state index in [0.717, 1.165) is 31.4 Å². The van der Waals surface area contributed by atoms with Crippen LogP contribution in [0.2, 0.25) is 0 Å². The van der Waals surface area contributed by atoms with Gasteiger partial charge in [0.15, 0.2) is 5.96 Å². The van der Waals surface area contributed by atoms with Crippen LogP contribution in [0, 0.1) is 17.6 Å². The minimum Gasteiger partial charge on any atom is -0.466 e. The van der Waals surface area contributed by atoms with Crippen LogP contribution in [0.1, 0.15) is 32.3 Å². The molecule has 1 fully saturated rings. The number of carbonyl (C=O) groups is 1. The van der Waals surface area contributed by atoms with Gasteiger partial charge < -0.3 is 15.0 Å². The molecule has 1 heterocycles. The van der Waals surface area contributed by atoms with Gasteiger partial charge in [0.25, 0.3) is 0 Å². The molecule has 5 nitrogen and oxygen atoms in total. The van der Waals surface area contributed by atoms with E-state index in [2.05, 4.69) is 15.2 Å². The van der Waals surface area contributed by atoms with E-state index in [0.29, 0.717) is 38.2 Å². The van der Waals surface area contributed by atoms with E-state index in [1.165, 1.54) is 12.1 Å². The lowest BCUT2D eigenvalue weighted by molar-refractivity contribution is -0.149. The SMILES string of the molecule is CCNC(=NCCc1cc(F)cc(F)c1)N1CCCC(C(=O)OCC)C1.I. The van der Waals surface area contributed by atoms with Gasteiger partial charge in [0, 0.05) is 32.2 Å². The first-order chi connectivity index (χ1) is 12.5. The number of nitrogens with one attached hydrogen (secondary N) is 1. The third-order valence-corrected chi connectivity index (χ3v) is 4.26. The van der Waals surface area contributed by atoms with Crippen molar-refractivity contribution < 1.29 is 18.3 Å². The van der Waals surface area contributed by atoms with Gasteiger partial charge in [0.2, 0.25) is 0 Å². The van der Waals surface area contributed by atoms with Crippen LogP contribution in [0.15, 0.2) is 23.2 Å². The number of aliphatic imine (C=N–C) groups is 1. The van der Waals surface area contributed by atoms with Crippen molar-refractivity contribution in [3.63, 3.8) is 0 Å². The topological polar surface area (TPSA) is 53.9 Å². The van der Waals surface area contributed by atoms with Crippen molar-refractivity contribution in [1.29, 1.82) is 0 Å². The molecule has 8 heteroatoms. The van der Waals surface area contributed by atoms with Gasteiger partial charge in [-0.05, 0) is 50.8 Å². The summed E-state index contributed by atoms with van der Waals surface area (Å²) in [4.78, 5) is 18.6. The number of carbonyl (C=O) groups excluding carboxylic acids is 1. The van der Waals surface area contributed by atoms with Crippen LogP contribution in [0.5, 0.6) is 0 Å². The molecule has 0 aromatic heterocycles. The molecule has 1 aliphatic rings. The molecule has 1 atom stereocenters. The summed E-state index contributed by atoms with van der Waals surface area (Å²) in [5.41, 5.74) is 0.574. The Morgan fingerprint density at radius 3 is 2.63 bits per heavy atom. The Balaban J connectivity index is 0.00000364. The fourth-order valence-electron chi connectivity index (χ4n) is 3.09. The van der Waals surface area contributed by atoms with E-state index in [4.69, 9.17) is 4.74 Å². The molecule has 27 heavy (non-hydrogen) atoms. The maximum absolute atomic E-state index is 13.3. The van der Waals surface area contributed by atoms with Gasteiger partial charge in [-0.25, -0.2) is 8.78 Å². The van der Waals surface area contributed by atoms with Crippen molar-refractivity contribution in [2.45, 2.75) is 33.1 Å². The van der Waals surface area contributed by atoms with Crippen molar-refractivity contribution in [2.24, 2.45) is 10.9 Å². The highest BCUT2D eigenvalue weighted by atomic mass is 127. The molecule has 1 aromatic rings. The number of hydrogen-bond acceptors (Lipinski definition) is 3. The Bertz CT molecular complexity index is 623. The highest BCUT2D eigenvalue weighted by Crippen LogP contribution is 2.18. The van der Waals surface area contributed by atoms with Crippen LogP contribution in [0.25, 0.3) is 0 Å². The smallest absolute Gasteiger partial charge is 0.310 e. The van der Waals surface area contributed by atoms with Crippen molar-refractivity contribution in [3.05, 3.63) is 35.4 Å². The number of halogens is 3. The number of esters is 1. The lowest BCUT2D eigenvalue weighted by Crippen LogP contribution is -2.48. The van der Waals surface area contributed by atoms with E-state index < -0.39 is 11.6 Å². The van der Waals surface area contributed by atoms with E-state index in [1.807, 2.05) is 6.92 Å². The molecule has 0 amide bonds. The summed E-state index contributed by atoms with van der Waals surface area (Å²) < 4.78 is 31.7. The lowest BCUT2D eigenvalue weighted by atomic mass is 9.98. The second-order valence-electron chi connectivity index (χ2n) is 6.30. The van der Waals surface area contributed by atoms with Crippen LogP contribution in [0.4, 0.5) is 8.78 Å². The molecule has 1 aromatic carbocycles. The Morgan fingerprint density at radius 1 is 1.30 bits per heavy atom. The van der Waals surface area contributed by atoms with Crippen molar-refractivity contribution >= 4 is 35.9 Å². The number of ether oxygens (including phenoxy) is 1. The summed E-state index contributed by atoms with van der Waals surface area (Å²) in [5, 5.41) is 3.23. The van der Waals surface area contributed by atoms with Crippen LogP contribution < -0.4 is 5.32 Å². The molecule has 0 bridgehead atoms. The Kier molecular flexibility index (Phi) is 10.6. The van der Waals surface area contributed by atoms with E-state index in [1.54, 1.807) is 6.92 Å². The summed E-state index contributed by atoms with van der Waals surface area (Å²) in [6.45, 7) is 6.66. The maximum atomic E-state index is 13.3. The van der Waals surface area contributed by atoms with Crippen LogP contribution in [-0.4, -0.2) is 49.6 Å². The number of benzene rings is 1. The van der Waals surface area contributed by atoms with Gasteiger partial charge in [-0.2, -0.15) is 0 Å². The fourth-order valence-corrected chi connectivity index (χ4v) is 3.09. The number of nitrogens with zero attached hydrogens (tertiary/aromatic N) is 2. The molecule has 1 N–H and O–H groups in total. The van der Waals surface area contributed by atoms with Crippen molar-refractivity contribution in [1.82, 2.24) is 10.2 Å². The Hall–Kier alpha value is -1.45. The Labute approximate surface area is 176 Å². The van der Waals surface area contributed by atoms with E-state index in [9.17, 15) is 13.6 Å². The minimum absolute atomic E-state index is 0. The molecule has 0 spiro atoms. The second kappa shape index (κ2) is 12.1. The molecule has 2 rings (SSSR count). The summed E-state index contributed by atoms with van der Waals surface area (Å²) in [6, 6.07) is 3.51.